The molecule has 1 heterocycles. The van der Waals surface area contributed by atoms with Crippen molar-refractivity contribution in [2.45, 2.75) is 24.7 Å². The molecule has 0 saturated carbocycles. The summed E-state index contributed by atoms with van der Waals surface area (Å²) in [5, 5.41) is 5.07. The fourth-order valence-corrected chi connectivity index (χ4v) is 15.2. The molecular formula is C74H49NS. The third kappa shape index (κ3) is 5.96. The zero-order chi connectivity index (χ0) is 50.3. The van der Waals surface area contributed by atoms with Gasteiger partial charge in [0.1, 0.15) is 0 Å². The van der Waals surface area contributed by atoms with E-state index >= 15 is 0 Å². The minimum Gasteiger partial charge on any atom is -0.310 e. The summed E-state index contributed by atoms with van der Waals surface area (Å²) in [5.41, 5.74) is 26.3. The van der Waals surface area contributed by atoms with Crippen LogP contribution in [-0.4, -0.2) is 0 Å². The highest BCUT2D eigenvalue weighted by atomic mass is 32.1. The van der Waals surface area contributed by atoms with E-state index < -0.39 is 5.41 Å². The van der Waals surface area contributed by atoms with Crippen molar-refractivity contribution < 1.29 is 0 Å². The smallest absolute Gasteiger partial charge is 0.0732 e. The lowest BCUT2D eigenvalue weighted by Crippen LogP contribution is -2.26. The van der Waals surface area contributed by atoms with Gasteiger partial charge >= 0.3 is 0 Å². The molecule has 356 valence electrons. The average molecular weight is 984 g/mol. The summed E-state index contributed by atoms with van der Waals surface area (Å²) in [6.45, 7) is 4.72. The van der Waals surface area contributed by atoms with Gasteiger partial charge in [0, 0.05) is 47.9 Å². The van der Waals surface area contributed by atoms with Crippen LogP contribution < -0.4 is 4.90 Å². The minimum atomic E-state index is -0.522. The summed E-state index contributed by atoms with van der Waals surface area (Å²) in [5.74, 6) is 0. The second kappa shape index (κ2) is 16.2. The third-order valence-corrected chi connectivity index (χ3v) is 18.5. The lowest BCUT2D eigenvalue weighted by molar-refractivity contribution is 0.660. The number of anilines is 3. The number of fused-ring (bicyclic) bond motifs is 18. The van der Waals surface area contributed by atoms with E-state index in [-0.39, 0.29) is 5.41 Å². The number of benzene rings is 12. The Balaban J connectivity index is 0.881. The zero-order valence-corrected chi connectivity index (χ0v) is 43.0. The molecule has 76 heavy (non-hydrogen) atoms. The van der Waals surface area contributed by atoms with Gasteiger partial charge in [0.05, 0.1) is 11.1 Å². The molecule has 3 aliphatic rings. The second-order valence-electron chi connectivity index (χ2n) is 21.4. The average Bonchev–Trinajstić information content (AvgIpc) is 4.34. The van der Waals surface area contributed by atoms with Crippen molar-refractivity contribution in [3.63, 3.8) is 0 Å². The van der Waals surface area contributed by atoms with E-state index in [0.29, 0.717) is 0 Å². The van der Waals surface area contributed by atoms with Gasteiger partial charge in [0.2, 0.25) is 0 Å². The monoisotopic (exact) mass is 983 g/mol. The van der Waals surface area contributed by atoms with E-state index in [9.17, 15) is 0 Å². The van der Waals surface area contributed by atoms with Crippen molar-refractivity contribution in [1.82, 2.24) is 0 Å². The van der Waals surface area contributed by atoms with Crippen LogP contribution >= 0.6 is 11.3 Å². The minimum absolute atomic E-state index is 0.0688. The summed E-state index contributed by atoms with van der Waals surface area (Å²) in [4.78, 5) is 2.46. The van der Waals surface area contributed by atoms with Crippen molar-refractivity contribution in [2.75, 3.05) is 4.90 Å². The van der Waals surface area contributed by atoms with Crippen molar-refractivity contribution in [3.8, 4) is 66.8 Å². The summed E-state index contributed by atoms with van der Waals surface area (Å²) in [7, 11) is 0. The lowest BCUT2D eigenvalue weighted by atomic mass is 9.68. The molecule has 2 heteroatoms. The number of hydrogen-bond donors (Lipinski definition) is 0. The first kappa shape index (κ1) is 43.3. The number of rotatable bonds is 6. The first-order valence-electron chi connectivity index (χ1n) is 26.6. The van der Waals surface area contributed by atoms with Gasteiger partial charge in [-0.1, -0.05) is 232 Å². The quantitative estimate of drug-likeness (QED) is 0.160. The van der Waals surface area contributed by atoms with Crippen LogP contribution in [0, 0.1) is 0 Å². The van der Waals surface area contributed by atoms with E-state index in [4.69, 9.17) is 0 Å². The first-order valence-corrected chi connectivity index (χ1v) is 27.4. The predicted octanol–water partition coefficient (Wildman–Crippen LogP) is 20.3. The van der Waals surface area contributed by atoms with Crippen molar-refractivity contribution in [3.05, 3.63) is 294 Å². The molecule has 0 radical (unpaired) electrons. The molecule has 0 bridgehead atoms. The van der Waals surface area contributed by atoms with Crippen LogP contribution in [-0.2, 0) is 10.8 Å². The molecule has 16 rings (SSSR count). The van der Waals surface area contributed by atoms with Crippen molar-refractivity contribution in [1.29, 1.82) is 0 Å². The Morgan fingerprint density at radius 3 is 1.57 bits per heavy atom. The maximum atomic E-state index is 2.47. The molecule has 13 aromatic rings. The van der Waals surface area contributed by atoms with Gasteiger partial charge in [0.25, 0.3) is 0 Å². The molecule has 0 fully saturated rings. The van der Waals surface area contributed by atoms with Crippen LogP contribution in [0.15, 0.2) is 261 Å². The normalized spacial score (nSPS) is 15.1. The first-order chi connectivity index (χ1) is 37.5. The van der Waals surface area contributed by atoms with E-state index in [0.717, 1.165) is 17.1 Å². The third-order valence-electron chi connectivity index (χ3n) is 17.3. The Morgan fingerprint density at radius 2 is 0.829 bits per heavy atom. The van der Waals surface area contributed by atoms with E-state index in [1.54, 1.807) is 0 Å². The molecule has 1 atom stereocenters. The molecular weight excluding hydrogens is 935 g/mol. The Morgan fingerprint density at radius 1 is 0.316 bits per heavy atom. The Hall–Kier alpha value is -9.08. The topological polar surface area (TPSA) is 3.24 Å². The standard InChI is InChI=1S/C74H49NS/c1-73(2)63-27-12-8-20-54(63)56-40-35-49(45-67(56)73)48-33-38-51(39-34-48)75(50-36-31-47(32-37-50)46-17-4-3-5-18-46)68-44-42-53(52-19-6-7-22-57(52)68)59-25-16-26-60-55-21-9-13-28-64(55)74(71(59)60)65-29-14-10-24-62(65)70-66(74)43-41-61-58-23-11-15-30-69(58)76-72(61)70/h3-45H,1-2H3. The molecule has 3 aliphatic carbocycles. The Bertz CT molecular complexity index is 4540. The van der Waals surface area contributed by atoms with Crippen LogP contribution in [0.4, 0.5) is 17.1 Å². The largest absolute Gasteiger partial charge is 0.310 e. The number of thiophene rings is 1. The summed E-state index contributed by atoms with van der Waals surface area (Å²) >= 11 is 1.93. The Labute approximate surface area is 447 Å². The predicted molar refractivity (Wildman–Crippen MR) is 322 cm³/mol. The number of nitrogens with zero attached hydrogens (tertiary/aromatic N) is 1. The molecule has 12 aromatic carbocycles. The highest BCUT2D eigenvalue weighted by molar-refractivity contribution is 7.26. The molecule has 1 spiro atoms. The Kier molecular flexibility index (Phi) is 9.24. The van der Waals surface area contributed by atoms with Gasteiger partial charge in [0.15, 0.2) is 0 Å². The fraction of sp³-hybridized carbons (Fsp3) is 0.0541. The van der Waals surface area contributed by atoms with Crippen molar-refractivity contribution >= 4 is 59.3 Å². The van der Waals surface area contributed by atoms with Crippen LogP contribution in [0.3, 0.4) is 0 Å². The molecule has 1 unspecified atom stereocenters. The molecule has 1 nitrogen and oxygen atoms in total. The van der Waals surface area contributed by atoms with Crippen LogP contribution in [0.5, 0.6) is 0 Å². The second-order valence-corrected chi connectivity index (χ2v) is 22.5. The molecule has 0 saturated heterocycles. The van der Waals surface area contributed by atoms with E-state index in [1.807, 2.05) is 11.3 Å². The summed E-state index contributed by atoms with van der Waals surface area (Å²) in [6, 6.07) is 98.2. The molecule has 1 aromatic heterocycles. The van der Waals surface area contributed by atoms with Gasteiger partial charge in [-0.2, -0.15) is 0 Å². The summed E-state index contributed by atoms with van der Waals surface area (Å²) in [6.07, 6.45) is 0. The van der Waals surface area contributed by atoms with Crippen LogP contribution in [0.1, 0.15) is 47.2 Å². The van der Waals surface area contributed by atoms with Crippen LogP contribution in [0.2, 0.25) is 0 Å². The van der Waals surface area contributed by atoms with Gasteiger partial charge in [-0.25, -0.2) is 0 Å². The maximum Gasteiger partial charge on any atom is 0.0732 e. The van der Waals surface area contributed by atoms with Crippen molar-refractivity contribution in [2.24, 2.45) is 0 Å². The van der Waals surface area contributed by atoms with Gasteiger partial charge in [-0.3, -0.25) is 0 Å². The fourth-order valence-electron chi connectivity index (χ4n) is 13.9. The van der Waals surface area contributed by atoms with E-state index in [1.165, 1.54) is 131 Å². The molecule has 0 amide bonds. The highest BCUT2D eigenvalue weighted by Crippen LogP contribution is 2.66. The van der Waals surface area contributed by atoms with Gasteiger partial charge < -0.3 is 4.90 Å². The van der Waals surface area contributed by atoms with Crippen LogP contribution in [0.25, 0.3) is 97.7 Å². The van der Waals surface area contributed by atoms with Gasteiger partial charge in [-0.15, -0.1) is 11.3 Å². The lowest BCUT2D eigenvalue weighted by Gasteiger charge is -2.33. The van der Waals surface area contributed by atoms with E-state index in [2.05, 4.69) is 280 Å². The SMILES string of the molecule is CC1(C)c2ccccc2-c2ccc(-c3ccc(N(c4ccc(-c5ccccc5)cc4)c4ccc(-c5cccc6c5C5(c7ccccc7-6)c6ccccc6-c6c5ccc5c6sc6ccccc65)c5ccccc45)cc3)cc21. The van der Waals surface area contributed by atoms with Gasteiger partial charge in [-0.05, 0) is 142 Å². The molecule has 0 N–H and O–H groups in total. The maximum absolute atomic E-state index is 2.47. The molecule has 0 aliphatic heterocycles. The highest BCUT2D eigenvalue weighted by Gasteiger charge is 2.53. The zero-order valence-electron chi connectivity index (χ0n) is 42.2. The number of hydrogen-bond acceptors (Lipinski definition) is 2. The summed E-state index contributed by atoms with van der Waals surface area (Å²) < 4.78 is 2.70.